The van der Waals surface area contributed by atoms with Crippen LogP contribution in [0.5, 0.6) is 0 Å². The number of nitrogens with zero attached hydrogens (tertiary/aromatic N) is 2. The molecular weight excluding hydrogens is 390 g/mol. The van der Waals surface area contributed by atoms with Gasteiger partial charge in [-0.15, -0.1) is 0 Å². The number of rotatable bonds is 5. The summed E-state index contributed by atoms with van der Waals surface area (Å²) in [7, 11) is 0. The molecule has 2 aromatic heterocycles. The van der Waals surface area contributed by atoms with Crippen LogP contribution in [0.25, 0.3) is 11.1 Å². The van der Waals surface area contributed by atoms with Crippen LogP contribution >= 0.6 is 0 Å². The van der Waals surface area contributed by atoms with Crippen molar-refractivity contribution in [1.82, 2.24) is 9.97 Å². The lowest BCUT2D eigenvalue weighted by atomic mass is 9.81. The first kappa shape index (κ1) is 19.6. The first-order valence-corrected chi connectivity index (χ1v) is 9.36. The molecule has 0 spiro atoms. The smallest absolute Gasteiger partial charge is 0.255 e. The molecule has 3 aromatic rings. The van der Waals surface area contributed by atoms with Gasteiger partial charge in [0.25, 0.3) is 5.91 Å². The van der Waals surface area contributed by atoms with Crippen LogP contribution in [0, 0.1) is 5.92 Å². The van der Waals surface area contributed by atoms with Gasteiger partial charge in [0.2, 0.25) is 11.8 Å². The Morgan fingerprint density at radius 2 is 1.73 bits per heavy atom. The third-order valence-electron chi connectivity index (χ3n) is 4.84. The molecule has 152 valence electrons. The lowest BCUT2D eigenvalue weighted by Gasteiger charge is -2.33. The van der Waals surface area contributed by atoms with E-state index < -0.39 is 36.5 Å². The molecule has 0 saturated heterocycles. The van der Waals surface area contributed by atoms with E-state index in [4.69, 9.17) is 0 Å². The number of hydrogen-bond donors (Lipinski definition) is 2. The van der Waals surface area contributed by atoms with E-state index in [9.17, 15) is 18.4 Å². The molecule has 1 aliphatic carbocycles. The summed E-state index contributed by atoms with van der Waals surface area (Å²) in [5, 5.41) is 5.26. The van der Waals surface area contributed by atoms with Crippen molar-refractivity contribution in [2.24, 2.45) is 5.92 Å². The number of hydrogen-bond acceptors (Lipinski definition) is 4. The summed E-state index contributed by atoms with van der Waals surface area (Å²) < 4.78 is 25.9. The molecular formula is C22H18F2N4O2. The summed E-state index contributed by atoms with van der Waals surface area (Å²) in [5.74, 6) is -4.31. The molecule has 0 aliphatic heterocycles. The molecule has 30 heavy (non-hydrogen) atoms. The second-order valence-electron chi connectivity index (χ2n) is 7.16. The minimum Gasteiger partial charge on any atom is -0.321 e. The number of aromatic nitrogens is 2. The second-order valence-corrected chi connectivity index (χ2v) is 7.16. The number of nitrogens with one attached hydrogen (secondary N) is 2. The van der Waals surface area contributed by atoms with E-state index in [1.54, 1.807) is 12.3 Å². The highest BCUT2D eigenvalue weighted by Gasteiger charge is 2.48. The van der Waals surface area contributed by atoms with Gasteiger partial charge in [0.15, 0.2) is 0 Å². The zero-order valence-corrected chi connectivity index (χ0v) is 15.8. The van der Waals surface area contributed by atoms with Gasteiger partial charge in [0, 0.05) is 42.3 Å². The molecule has 4 rings (SSSR count). The molecule has 1 aromatic carbocycles. The van der Waals surface area contributed by atoms with Gasteiger partial charge in [-0.2, -0.15) is 0 Å². The maximum atomic E-state index is 12.9. The van der Waals surface area contributed by atoms with Crippen molar-refractivity contribution in [3.05, 3.63) is 72.7 Å². The van der Waals surface area contributed by atoms with Crippen LogP contribution in [-0.2, 0) is 4.79 Å². The van der Waals surface area contributed by atoms with Gasteiger partial charge in [-0.25, -0.2) is 13.8 Å². The fraction of sp³-hybridized carbons (Fsp3) is 0.182. The SMILES string of the molecule is O=C(Nc1cncc(-c2ccccc2)c1)c1ccnc(NC(=O)C2CC(F)(F)C2)c1. The third kappa shape index (κ3) is 4.48. The van der Waals surface area contributed by atoms with Crippen molar-refractivity contribution < 1.29 is 18.4 Å². The van der Waals surface area contributed by atoms with Crippen LogP contribution in [0.2, 0.25) is 0 Å². The zero-order valence-electron chi connectivity index (χ0n) is 15.8. The van der Waals surface area contributed by atoms with Gasteiger partial charge in [0.1, 0.15) is 5.82 Å². The van der Waals surface area contributed by atoms with Crippen LogP contribution in [0.3, 0.4) is 0 Å². The van der Waals surface area contributed by atoms with Crippen LogP contribution in [-0.4, -0.2) is 27.7 Å². The van der Waals surface area contributed by atoms with Gasteiger partial charge in [-0.05, 0) is 23.8 Å². The summed E-state index contributed by atoms with van der Waals surface area (Å²) in [5.41, 5.74) is 2.61. The number of amides is 2. The highest BCUT2D eigenvalue weighted by Crippen LogP contribution is 2.42. The summed E-state index contributed by atoms with van der Waals surface area (Å²) >= 11 is 0. The summed E-state index contributed by atoms with van der Waals surface area (Å²) in [4.78, 5) is 32.8. The van der Waals surface area contributed by atoms with Gasteiger partial charge in [0.05, 0.1) is 11.9 Å². The minimum atomic E-state index is -2.78. The number of alkyl halides is 2. The first-order chi connectivity index (χ1) is 14.4. The molecule has 0 bridgehead atoms. The normalized spacial score (nSPS) is 15.1. The number of benzene rings is 1. The highest BCUT2D eigenvalue weighted by atomic mass is 19.3. The molecule has 2 heterocycles. The third-order valence-corrected chi connectivity index (χ3v) is 4.84. The van der Waals surface area contributed by atoms with Crippen LogP contribution in [0.4, 0.5) is 20.3 Å². The Bertz CT molecular complexity index is 1080. The Hall–Kier alpha value is -3.68. The molecule has 8 heteroatoms. The minimum absolute atomic E-state index is 0.138. The zero-order chi connectivity index (χ0) is 21.1. The van der Waals surface area contributed by atoms with Crippen molar-refractivity contribution in [3.8, 4) is 11.1 Å². The van der Waals surface area contributed by atoms with E-state index in [0.29, 0.717) is 5.69 Å². The lowest BCUT2D eigenvalue weighted by molar-refractivity contribution is -0.145. The number of pyridine rings is 2. The fourth-order valence-electron chi connectivity index (χ4n) is 3.22. The first-order valence-electron chi connectivity index (χ1n) is 9.36. The molecule has 0 unspecified atom stereocenters. The summed E-state index contributed by atoms with van der Waals surface area (Å²) in [6.07, 6.45) is 3.67. The molecule has 1 saturated carbocycles. The Kier molecular flexibility index (Phi) is 5.22. The number of carbonyl (C=O) groups is 2. The standard InChI is InChI=1S/C22H18F2N4O2/c23-22(24)10-17(11-22)21(30)28-19-9-15(6-7-26-19)20(29)27-18-8-16(12-25-13-18)14-4-2-1-3-5-14/h1-9,12-13,17H,10-11H2,(H,27,29)(H,26,28,30). The van der Waals surface area contributed by atoms with Gasteiger partial charge in [-0.3, -0.25) is 14.6 Å². The highest BCUT2D eigenvalue weighted by molar-refractivity contribution is 6.05. The maximum Gasteiger partial charge on any atom is 0.255 e. The molecule has 2 N–H and O–H groups in total. The van der Waals surface area contributed by atoms with E-state index in [-0.39, 0.29) is 11.4 Å². The van der Waals surface area contributed by atoms with Crippen molar-refractivity contribution in [3.63, 3.8) is 0 Å². The van der Waals surface area contributed by atoms with E-state index in [1.165, 1.54) is 24.5 Å². The Morgan fingerprint density at radius 1 is 0.967 bits per heavy atom. The van der Waals surface area contributed by atoms with Crippen molar-refractivity contribution in [2.75, 3.05) is 10.6 Å². The Balaban J connectivity index is 1.43. The Labute approximate surface area is 171 Å². The van der Waals surface area contributed by atoms with Gasteiger partial charge in [-0.1, -0.05) is 30.3 Å². The maximum absolute atomic E-state index is 12.9. The van der Waals surface area contributed by atoms with Crippen LogP contribution in [0.1, 0.15) is 23.2 Å². The number of anilines is 2. The predicted molar refractivity (Wildman–Crippen MR) is 108 cm³/mol. The van der Waals surface area contributed by atoms with Crippen LogP contribution < -0.4 is 10.6 Å². The molecule has 0 radical (unpaired) electrons. The summed E-state index contributed by atoms with van der Waals surface area (Å²) in [6, 6.07) is 14.3. The molecule has 1 aliphatic rings. The fourth-order valence-corrected chi connectivity index (χ4v) is 3.22. The average molecular weight is 408 g/mol. The summed E-state index contributed by atoms with van der Waals surface area (Å²) in [6.45, 7) is 0. The van der Waals surface area contributed by atoms with E-state index in [0.717, 1.165) is 11.1 Å². The van der Waals surface area contributed by atoms with E-state index >= 15 is 0 Å². The van der Waals surface area contributed by atoms with Crippen molar-refractivity contribution >= 4 is 23.3 Å². The monoisotopic (exact) mass is 408 g/mol. The lowest BCUT2D eigenvalue weighted by Crippen LogP contribution is -2.42. The van der Waals surface area contributed by atoms with Crippen LogP contribution in [0.15, 0.2) is 67.1 Å². The average Bonchev–Trinajstić information content (AvgIpc) is 2.73. The number of carbonyl (C=O) groups excluding carboxylic acids is 2. The van der Waals surface area contributed by atoms with Crippen molar-refractivity contribution in [2.45, 2.75) is 18.8 Å². The van der Waals surface area contributed by atoms with Crippen molar-refractivity contribution in [1.29, 1.82) is 0 Å². The van der Waals surface area contributed by atoms with Gasteiger partial charge < -0.3 is 10.6 Å². The predicted octanol–water partition coefficient (Wildman–Crippen LogP) is 4.38. The number of halogens is 2. The largest absolute Gasteiger partial charge is 0.321 e. The van der Waals surface area contributed by atoms with E-state index in [2.05, 4.69) is 20.6 Å². The molecule has 2 amide bonds. The molecule has 1 fully saturated rings. The van der Waals surface area contributed by atoms with Gasteiger partial charge >= 0.3 is 0 Å². The quantitative estimate of drug-likeness (QED) is 0.656. The molecule has 0 atom stereocenters. The Morgan fingerprint density at radius 3 is 2.47 bits per heavy atom. The topological polar surface area (TPSA) is 84.0 Å². The van der Waals surface area contributed by atoms with E-state index in [1.807, 2.05) is 30.3 Å². The second kappa shape index (κ2) is 7.98. The molecule has 6 nitrogen and oxygen atoms in total.